The minimum absolute atomic E-state index is 0.0763. The van der Waals surface area contributed by atoms with E-state index >= 15 is 0 Å². The number of hydrogen-bond acceptors (Lipinski definition) is 5. The van der Waals surface area contributed by atoms with Gasteiger partial charge in [-0.25, -0.2) is 4.90 Å². The number of rotatable bonds is 4. The third-order valence-corrected chi connectivity index (χ3v) is 6.33. The monoisotopic (exact) mass is 430 g/mol. The van der Waals surface area contributed by atoms with Crippen LogP contribution >= 0.6 is 0 Å². The summed E-state index contributed by atoms with van der Waals surface area (Å²) in [5.41, 5.74) is 1.14. The van der Waals surface area contributed by atoms with Crippen molar-refractivity contribution in [3.8, 4) is 5.75 Å². The van der Waals surface area contributed by atoms with Crippen molar-refractivity contribution >= 4 is 35.1 Å². The maximum Gasteiger partial charge on any atom is 0.316 e. The standard InChI is InChI=1S/C25H22N2O5/c28-22-13-16(15-26(22)17-7-2-1-3-8-17)25(31)32-19-10-6-9-18(14-19)27-23(29)20-11-4-5-12-21(20)24(27)30/h1-10,14,16,20-21H,11-13,15H2/t16-,20-,21+/m0/s1. The predicted molar refractivity (Wildman–Crippen MR) is 117 cm³/mol. The summed E-state index contributed by atoms with van der Waals surface area (Å²) in [6.45, 7) is 0.251. The Balaban J connectivity index is 1.30. The van der Waals surface area contributed by atoms with Gasteiger partial charge in [-0.3, -0.25) is 19.2 Å². The number of amides is 3. The molecule has 2 fully saturated rings. The molecule has 7 heteroatoms. The number of para-hydroxylation sites is 1. The van der Waals surface area contributed by atoms with Crippen LogP contribution in [0.1, 0.15) is 19.3 Å². The molecule has 0 bridgehead atoms. The Kier molecular flexibility index (Phi) is 5.09. The van der Waals surface area contributed by atoms with Gasteiger partial charge in [0, 0.05) is 24.7 Å². The maximum absolute atomic E-state index is 12.8. The summed E-state index contributed by atoms with van der Waals surface area (Å²) in [5.74, 6) is -2.07. The molecule has 32 heavy (non-hydrogen) atoms. The number of allylic oxidation sites excluding steroid dienone is 2. The molecule has 5 rings (SSSR count). The number of imide groups is 1. The summed E-state index contributed by atoms with van der Waals surface area (Å²) in [6.07, 6.45) is 5.08. The van der Waals surface area contributed by atoms with Gasteiger partial charge < -0.3 is 9.64 Å². The number of ether oxygens (including phenoxy) is 1. The fourth-order valence-corrected chi connectivity index (χ4v) is 4.66. The third kappa shape index (κ3) is 3.49. The highest BCUT2D eigenvalue weighted by atomic mass is 16.5. The summed E-state index contributed by atoms with van der Waals surface area (Å²) < 4.78 is 5.54. The van der Waals surface area contributed by atoms with E-state index in [-0.39, 0.29) is 48.3 Å². The van der Waals surface area contributed by atoms with Crippen molar-refractivity contribution in [1.29, 1.82) is 0 Å². The molecule has 2 aliphatic heterocycles. The molecule has 0 radical (unpaired) electrons. The summed E-state index contributed by atoms with van der Waals surface area (Å²) in [5, 5.41) is 0. The van der Waals surface area contributed by atoms with Crippen LogP contribution in [-0.2, 0) is 19.2 Å². The second kappa shape index (κ2) is 8.07. The Labute approximate surface area is 185 Å². The Bertz CT molecular complexity index is 1100. The molecule has 0 unspecified atom stereocenters. The average Bonchev–Trinajstić information content (AvgIpc) is 3.32. The van der Waals surface area contributed by atoms with Crippen molar-refractivity contribution in [3.63, 3.8) is 0 Å². The van der Waals surface area contributed by atoms with E-state index in [4.69, 9.17) is 4.74 Å². The SMILES string of the molecule is O=C(Oc1cccc(N2C(=O)[C@H]3CC=CC[C@H]3C2=O)c1)[C@H]1CC(=O)N(c2ccccc2)C1. The largest absolute Gasteiger partial charge is 0.426 e. The van der Waals surface area contributed by atoms with Crippen molar-refractivity contribution < 1.29 is 23.9 Å². The van der Waals surface area contributed by atoms with Crippen LogP contribution in [0.4, 0.5) is 11.4 Å². The van der Waals surface area contributed by atoms with Gasteiger partial charge in [0.25, 0.3) is 0 Å². The highest BCUT2D eigenvalue weighted by molar-refractivity contribution is 6.22. The minimum atomic E-state index is -0.588. The number of nitrogens with zero attached hydrogens (tertiary/aromatic N) is 2. The number of anilines is 2. The van der Waals surface area contributed by atoms with Crippen LogP contribution in [0.25, 0.3) is 0 Å². The summed E-state index contributed by atoms with van der Waals surface area (Å²) in [7, 11) is 0. The van der Waals surface area contributed by atoms with Gasteiger partial charge in [0.15, 0.2) is 0 Å². The van der Waals surface area contributed by atoms with E-state index < -0.39 is 11.9 Å². The van der Waals surface area contributed by atoms with Gasteiger partial charge in [0.1, 0.15) is 5.75 Å². The van der Waals surface area contributed by atoms with E-state index in [1.165, 1.54) is 11.0 Å². The molecular formula is C25H22N2O5. The lowest BCUT2D eigenvalue weighted by molar-refractivity contribution is -0.139. The van der Waals surface area contributed by atoms with E-state index in [1.807, 2.05) is 42.5 Å². The maximum atomic E-state index is 12.8. The fourth-order valence-electron chi connectivity index (χ4n) is 4.66. The van der Waals surface area contributed by atoms with Crippen molar-refractivity contribution in [3.05, 3.63) is 66.7 Å². The molecule has 3 amide bonds. The van der Waals surface area contributed by atoms with Gasteiger partial charge in [-0.05, 0) is 37.1 Å². The van der Waals surface area contributed by atoms with Crippen LogP contribution in [0, 0.1) is 17.8 Å². The van der Waals surface area contributed by atoms with Gasteiger partial charge in [-0.15, -0.1) is 0 Å². The van der Waals surface area contributed by atoms with E-state index in [0.717, 1.165) is 5.69 Å². The predicted octanol–water partition coefficient (Wildman–Crippen LogP) is 3.10. The number of esters is 1. The molecule has 1 aliphatic carbocycles. The lowest BCUT2D eigenvalue weighted by Gasteiger charge is -2.17. The van der Waals surface area contributed by atoms with Crippen molar-refractivity contribution in [2.24, 2.45) is 17.8 Å². The van der Waals surface area contributed by atoms with Crippen LogP contribution in [-0.4, -0.2) is 30.2 Å². The second-order valence-corrected chi connectivity index (χ2v) is 8.33. The van der Waals surface area contributed by atoms with Crippen LogP contribution in [0.2, 0.25) is 0 Å². The lowest BCUT2D eigenvalue weighted by atomic mass is 9.85. The summed E-state index contributed by atoms with van der Waals surface area (Å²) in [6, 6.07) is 15.6. The number of fused-ring (bicyclic) bond motifs is 1. The van der Waals surface area contributed by atoms with E-state index in [9.17, 15) is 19.2 Å². The van der Waals surface area contributed by atoms with Crippen molar-refractivity contribution in [1.82, 2.24) is 0 Å². The molecule has 0 saturated carbocycles. The van der Waals surface area contributed by atoms with Gasteiger partial charge in [-0.1, -0.05) is 36.4 Å². The molecule has 2 heterocycles. The molecule has 3 atom stereocenters. The highest BCUT2D eigenvalue weighted by Crippen LogP contribution is 2.38. The first-order valence-electron chi connectivity index (χ1n) is 10.7. The molecule has 2 saturated heterocycles. The average molecular weight is 430 g/mol. The van der Waals surface area contributed by atoms with Gasteiger partial charge >= 0.3 is 5.97 Å². The number of benzene rings is 2. The minimum Gasteiger partial charge on any atom is -0.426 e. The molecule has 0 spiro atoms. The number of hydrogen-bond donors (Lipinski definition) is 0. The zero-order valence-electron chi connectivity index (χ0n) is 17.3. The molecule has 0 N–H and O–H groups in total. The molecule has 7 nitrogen and oxygen atoms in total. The Morgan fingerprint density at radius 3 is 2.19 bits per heavy atom. The Hall–Kier alpha value is -3.74. The lowest BCUT2D eigenvalue weighted by Crippen LogP contribution is -2.31. The topological polar surface area (TPSA) is 84.0 Å². The quantitative estimate of drug-likeness (QED) is 0.322. The van der Waals surface area contributed by atoms with Crippen LogP contribution in [0.3, 0.4) is 0 Å². The Morgan fingerprint density at radius 1 is 0.844 bits per heavy atom. The van der Waals surface area contributed by atoms with Crippen LogP contribution < -0.4 is 14.5 Å². The van der Waals surface area contributed by atoms with Crippen LogP contribution in [0.5, 0.6) is 5.75 Å². The van der Waals surface area contributed by atoms with E-state index in [2.05, 4.69) is 0 Å². The zero-order valence-corrected chi connectivity index (χ0v) is 17.3. The normalized spacial score (nSPS) is 24.8. The first-order chi connectivity index (χ1) is 15.5. The fraction of sp³-hybridized carbons (Fsp3) is 0.280. The smallest absolute Gasteiger partial charge is 0.316 e. The molecule has 162 valence electrons. The van der Waals surface area contributed by atoms with Gasteiger partial charge in [0.05, 0.1) is 23.4 Å². The number of carbonyl (C=O) groups excluding carboxylic acids is 4. The van der Waals surface area contributed by atoms with Crippen molar-refractivity contribution in [2.75, 3.05) is 16.3 Å². The first-order valence-corrected chi connectivity index (χ1v) is 10.7. The second-order valence-electron chi connectivity index (χ2n) is 8.33. The molecule has 3 aliphatic rings. The van der Waals surface area contributed by atoms with Crippen molar-refractivity contribution in [2.45, 2.75) is 19.3 Å². The molecule has 0 aromatic heterocycles. The third-order valence-electron chi connectivity index (χ3n) is 6.33. The first kappa shape index (κ1) is 20.2. The summed E-state index contributed by atoms with van der Waals surface area (Å²) >= 11 is 0. The van der Waals surface area contributed by atoms with Gasteiger partial charge in [0.2, 0.25) is 17.7 Å². The van der Waals surface area contributed by atoms with E-state index in [1.54, 1.807) is 23.1 Å². The van der Waals surface area contributed by atoms with Gasteiger partial charge in [-0.2, -0.15) is 0 Å². The van der Waals surface area contributed by atoms with E-state index in [0.29, 0.717) is 18.5 Å². The zero-order chi connectivity index (χ0) is 22.2. The molecular weight excluding hydrogens is 408 g/mol. The van der Waals surface area contributed by atoms with Crippen LogP contribution in [0.15, 0.2) is 66.7 Å². The molecule has 2 aromatic carbocycles. The molecule has 2 aromatic rings. The highest BCUT2D eigenvalue weighted by Gasteiger charge is 2.48. The number of carbonyl (C=O) groups is 4. The Morgan fingerprint density at radius 2 is 1.50 bits per heavy atom. The summed E-state index contributed by atoms with van der Waals surface area (Å²) in [4.78, 5) is 53.6.